The first-order chi connectivity index (χ1) is 6.58. The molecule has 0 fully saturated rings. The third-order valence-electron chi connectivity index (χ3n) is 2.16. The van der Waals surface area contributed by atoms with Crippen LogP contribution in [0.15, 0.2) is 30.3 Å². The van der Waals surface area contributed by atoms with Crippen molar-refractivity contribution in [1.82, 2.24) is 0 Å². The van der Waals surface area contributed by atoms with E-state index in [4.69, 9.17) is 0 Å². The van der Waals surface area contributed by atoms with E-state index >= 15 is 0 Å². The van der Waals surface area contributed by atoms with Crippen LogP contribution in [-0.4, -0.2) is 17.8 Å². The molecule has 0 aliphatic rings. The number of carbonyl (C=O) groups excluding carboxylic acids is 1. The largest absolute Gasteiger partial charge is 0.294 e. The van der Waals surface area contributed by atoms with Gasteiger partial charge in [-0.25, -0.2) is 0 Å². The van der Waals surface area contributed by atoms with Gasteiger partial charge in [-0.15, -0.1) is 0 Å². The average Bonchev–Trinajstić information content (AvgIpc) is 2.18. The van der Waals surface area contributed by atoms with Crippen LogP contribution in [0.2, 0.25) is 0 Å². The first-order valence-corrected chi connectivity index (χ1v) is 6.06. The van der Waals surface area contributed by atoms with E-state index in [0.29, 0.717) is 0 Å². The van der Waals surface area contributed by atoms with Crippen molar-refractivity contribution in [2.45, 2.75) is 13.8 Å². The van der Waals surface area contributed by atoms with E-state index in [1.165, 1.54) is 0 Å². The van der Waals surface area contributed by atoms with Crippen LogP contribution in [0.3, 0.4) is 0 Å². The van der Waals surface area contributed by atoms with E-state index in [2.05, 4.69) is 0 Å². The van der Waals surface area contributed by atoms with E-state index in [1.807, 2.05) is 50.4 Å². The van der Waals surface area contributed by atoms with E-state index in [-0.39, 0.29) is 11.2 Å². The Morgan fingerprint density at radius 3 is 2.36 bits per heavy atom. The number of hydrogen-bond acceptors (Lipinski definition) is 2. The SMILES string of the molecule is CSCC(C)(C)C(=O)c1ccccc1. The molecule has 0 N–H and O–H groups in total. The lowest BCUT2D eigenvalue weighted by Gasteiger charge is -2.21. The third-order valence-corrected chi connectivity index (χ3v) is 3.17. The summed E-state index contributed by atoms with van der Waals surface area (Å²) in [5, 5.41) is 0. The predicted octanol–water partition coefficient (Wildman–Crippen LogP) is 3.26. The van der Waals surface area contributed by atoms with Gasteiger partial charge in [0.25, 0.3) is 0 Å². The van der Waals surface area contributed by atoms with Gasteiger partial charge in [0.05, 0.1) is 0 Å². The van der Waals surface area contributed by atoms with Crippen LogP contribution in [0.25, 0.3) is 0 Å². The molecule has 0 saturated carbocycles. The zero-order valence-corrected chi connectivity index (χ0v) is 9.73. The molecule has 1 aromatic rings. The van der Waals surface area contributed by atoms with Crippen LogP contribution >= 0.6 is 11.8 Å². The highest BCUT2D eigenvalue weighted by atomic mass is 32.2. The van der Waals surface area contributed by atoms with Crippen molar-refractivity contribution in [1.29, 1.82) is 0 Å². The Kier molecular flexibility index (Phi) is 3.76. The minimum absolute atomic E-state index is 0.229. The molecule has 1 nitrogen and oxygen atoms in total. The molecule has 0 spiro atoms. The van der Waals surface area contributed by atoms with Gasteiger partial charge < -0.3 is 0 Å². The normalized spacial score (nSPS) is 11.4. The highest BCUT2D eigenvalue weighted by Crippen LogP contribution is 2.25. The molecule has 0 heterocycles. The highest BCUT2D eigenvalue weighted by molar-refractivity contribution is 7.98. The van der Waals surface area contributed by atoms with Gasteiger partial charge in [-0.05, 0) is 6.26 Å². The van der Waals surface area contributed by atoms with E-state index in [0.717, 1.165) is 11.3 Å². The average molecular weight is 208 g/mol. The minimum Gasteiger partial charge on any atom is -0.294 e. The number of rotatable bonds is 4. The molecular weight excluding hydrogens is 192 g/mol. The molecule has 0 radical (unpaired) electrons. The summed E-state index contributed by atoms with van der Waals surface area (Å²) in [7, 11) is 0. The van der Waals surface area contributed by atoms with Gasteiger partial charge in [-0.1, -0.05) is 44.2 Å². The minimum atomic E-state index is -0.263. The van der Waals surface area contributed by atoms with Crippen LogP contribution in [0.1, 0.15) is 24.2 Å². The van der Waals surface area contributed by atoms with E-state index in [1.54, 1.807) is 11.8 Å². The Hall–Kier alpha value is -0.760. The Labute approximate surface area is 89.9 Å². The third kappa shape index (κ3) is 2.61. The lowest BCUT2D eigenvalue weighted by molar-refractivity contribution is 0.0863. The number of ketones is 1. The summed E-state index contributed by atoms with van der Waals surface area (Å²) in [4.78, 5) is 12.0. The summed E-state index contributed by atoms with van der Waals surface area (Å²) < 4.78 is 0. The molecule has 0 atom stereocenters. The zero-order chi connectivity index (χ0) is 10.6. The number of hydrogen-bond donors (Lipinski definition) is 0. The van der Waals surface area contributed by atoms with Gasteiger partial charge in [0, 0.05) is 16.7 Å². The van der Waals surface area contributed by atoms with E-state index < -0.39 is 0 Å². The summed E-state index contributed by atoms with van der Waals surface area (Å²) in [5.74, 6) is 1.09. The number of benzene rings is 1. The van der Waals surface area contributed by atoms with Crippen molar-refractivity contribution in [2.75, 3.05) is 12.0 Å². The first kappa shape index (κ1) is 11.3. The zero-order valence-electron chi connectivity index (χ0n) is 8.91. The molecule has 0 aliphatic carbocycles. The Morgan fingerprint density at radius 2 is 1.86 bits per heavy atom. The van der Waals surface area contributed by atoms with Crippen molar-refractivity contribution in [3.8, 4) is 0 Å². The van der Waals surface area contributed by atoms with Crippen LogP contribution in [0, 0.1) is 5.41 Å². The lowest BCUT2D eigenvalue weighted by Crippen LogP contribution is -2.26. The second kappa shape index (κ2) is 4.65. The van der Waals surface area contributed by atoms with Crippen molar-refractivity contribution >= 4 is 17.5 Å². The molecule has 0 aliphatic heterocycles. The van der Waals surface area contributed by atoms with Gasteiger partial charge in [0.1, 0.15) is 0 Å². The second-order valence-corrected chi connectivity index (χ2v) is 4.88. The monoisotopic (exact) mass is 208 g/mol. The van der Waals surface area contributed by atoms with Crippen LogP contribution in [-0.2, 0) is 0 Å². The molecule has 0 unspecified atom stereocenters. The molecule has 2 heteroatoms. The van der Waals surface area contributed by atoms with Crippen LogP contribution in [0.5, 0.6) is 0 Å². The van der Waals surface area contributed by atoms with Crippen LogP contribution < -0.4 is 0 Å². The maximum absolute atomic E-state index is 12.0. The Bertz CT molecular complexity index is 303. The molecule has 0 aromatic heterocycles. The van der Waals surface area contributed by atoms with Crippen molar-refractivity contribution in [2.24, 2.45) is 5.41 Å². The molecule has 1 aromatic carbocycles. The molecule has 14 heavy (non-hydrogen) atoms. The molecular formula is C12H16OS. The summed E-state index contributed by atoms with van der Waals surface area (Å²) >= 11 is 1.71. The number of thioether (sulfide) groups is 1. The fourth-order valence-corrected chi connectivity index (χ4v) is 2.26. The topological polar surface area (TPSA) is 17.1 Å². The summed E-state index contributed by atoms with van der Waals surface area (Å²) in [6, 6.07) is 9.50. The van der Waals surface area contributed by atoms with Gasteiger partial charge >= 0.3 is 0 Å². The maximum Gasteiger partial charge on any atom is 0.169 e. The quantitative estimate of drug-likeness (QED) is 0.706. The van der Waals surface area contributed by atoms with Crippen molar-refractivity contribution in [3.63, 3.8) is 0 Å². The van der Waals surface area contributed by atoms with Gasteiger partial charge in [-0.2, -0.15) is 11.8 Å². The molecule has 76 valence electrons. The lowest BCUT2D eigenvalue weighted by atomic mass is 9.86. The highest BCUT2D eigenvalue weighted by Gasteiger charge is 2.27. The van der Waals surface area contributed by atoms with Gasteiger partial charge in [0.15, 0.2) is 5.78 Å². The van der Waals surface area contributed by atoms with Gasteiger partial charge in [-0.3, -0.25) is 4.79 Å². The summed E-state index contributed by atoms with van der Waals surface area (Å²) in [6.45, 7) is 4.00. The number of Topliss-reactive ketones (excluding diaryl/α,β-unsaturated/α-hetero) is 1. The van der Waals surface area contributed by atoms with Crippen molar-refractivity contribution in [3.05, 3.63) is 35.9 Å². The van der Waals surface area contributed by atoms with Crippen LogP contribution in [0.4, 0.5) is 0 Å². The fourth-order valence-electron chi connectivity index (χ4n) is 1.41. The molecule has 0 amide bonds. The van der Waals surface area contributed by atoms with E-state index in [9.17, 15) is 4.79 Å². The fraction of sp³-hybridized carbons (Fsp3) is 0.417. The summed E-state index contributed by atoms with van der Waals surface area (Å²) in [6.07, 6.45) is 2.03. The molecule has 1 rings (SSSR count). The first-order valence-electron chi connectivity index (χ1n) is 4.67. The second-order valence-electron chi connectivity index (χ2n) is 4.01. The standard InChI is InChI=1S/C12H16OS/c1-12(2,9-14-3)11(13)10-7-5-4-6-8-10/h4-8H,9H2,1-3H3. The van der Waals surface area contributed by atoms with Crippen molar-refractivity contribution < 1.29 is 4.79 Å². The predicted molar refractivity (Wildman–Crippen MR) is 62.9 cm³/mol. The Morgan fingerprint density at radius 1 is 1.29 bits per heavy atom. The molecule has 0 bridgehead atoms. The summed E-state index contributed by atoms with van der Waals surface area (Å²) in [5.41, 5.74) is 0.548. The maximum atomic E-state index is 12.0. The Balaban J connectivity index is 2.85. The van der Waals surface area contributed by atoms with Gasteiger partial charge in [0.2, 0.25) is 0 Å². The smallest absolute Gasteiger partial charge is 0.169 e. The number of carbonyl (C=O) groups is 1. The molecule has 0 saturated heterocycles.